The van der Waals surface area contributed by atoms with Crippen LogP contribution in [0.5, 0.6) is 0 Å². The molecule has 0 aliphatic carbocycles. The lowest BCUT2D eigenvalue weighted by molar-refractivity contribution is 0.810. The molecule has 0 saturated carbocycles. The predicted molar refractivity (Wildman–Crippen MR) is 62.7 cm³/mol. The van der Waals surface area contributed by atoms with Gasteiger partial charge in [0.15, 0.2) is 0 Å². The van der Waals surface area contributed by atoms with Crippen LogP contribution in [0.15, 0.2) is 18.7 Å². The van der Waals surface area contributed by atoms with Gasteiger partial charge in [-0.25, -0.2) is 9.50 Å². The van der Waals surface area contributed by atoms with E-state index in [4.69, 9.17) is 5.73 Å². The molecule has 0 spiro atoms. The third-order valence-electron chi connectivity index (χ3n) is 1.86. The second-order valence-electron chi connectivity index (χ2n) is 2.86. The molecule has 2 N–H and O–H groups in total. The average Bonchev–Trinajstić information content (AvgIpc) is 2.61. The van der Waals surface area contributed by atoms with E-state index in [1.165, 1.54) is 6.33 Å². The number of aromatic nitrogens is 4. The summed E-state index contributed by atoms with van der Waals surface area (Å²) in [7, 11) is 0. The highest BCUT2D eigenvalue weighted by atomic mass is 35.5. The molecule has 0 aliphatic rings. The van der Waals surface area contributed by atoms with Crippen LogP contribution in [-0.2, 0) is 6.42 Å². The zero-order chi connectivity index (χ0) is 9.10. The molecule has 15 heavy (non-hydrogen) atoms. The van der Waals surface area contributed by atoms with Crippen LogP contribution in [0, 0.1) is 0 Å². The van der Waals surface area contributed by atoms with Crippen LogP contribution in [0.3, 0.4) is 0 Å². The summed E-state index contributed by atoms with van der Waals surface area (Å²) < 4.78 is 1.67. The van der Waals surface area contributed by atoms with Crippen LogP contribution < -0.4 is 5.73 Å². The van der Waals surface area contributed by atoms with Crippen molar-refractivity contribution in [2.24, 2.45) is 5.73 Å². The Morgan fingerprint density at radius 1 is 1.27 bits per heavy atom. The van der Waals surface area contributed by atoms with Crippen molar-refractivity contribution in [1.29, 1.82) is 0 Å². The van der Waals surface area contributed by atoms with Crippen LogP contribution in [0.1, 0.15) is 12.0 Å². The van der Waals surface area contributed by atoms with Crippen molar-refractivity contribution >= 4 is 30.6 Å². The van der Waals surface area contributed by atoms with Gasteiger partial charge in [-0.05, 0) is 24.9 Å². The van der Waals surface area contributed by atoms with Gasteiger partial charge in [0.1, 0.15) is 6.33 Å². The molecule has 84 valence electrons. The van der Waals surface area contributed by atoms with Crippen molar-refractivity contribution < 1.29 is 0 Å². The molecule has 0 aromatic carbocycles. The zero-order valence-corrected chi connectivity index (χ0v) is 9.67. The molecule has 0 radical (unpaired) electrons. The van der Waals surface area contributed by atoms with Gasteiger partial charge in [0, 0.05) is 12.4 Å². The third-order valence-corrected chi connectivity index (χ3v) is 1.86. The van der Waals surface area contributed by atoms with Crippen molar-refractivity contribution in [1.82, 2.24) is 19.6 Å². The number of rotatable bonds is 3. The lowest BCUT2D eigenvalue weighted by atomic mass is 10.2. The van der Waals surface area contributed by atoms with Gasteiger partial charge in [-0.3, -0.25) is 0 Å². The molecule has 0 amide bonds. The summed E-state index contributed by atoms with van der Waals surface area (Å²) in [6.07, 6.45) is 7.17. The van der Waals surface area contributed by atoms with E-state index in [9.17, 15) is 0 Å². The van der Waals surface area contributed by atoms with Crippen molar-refractivity contribution in [2.45, 2.75) is 12.8 Å². The summed E-state index contributed by atoms with van der Waals surface area (Å²) >= 11 is 0. The molecular weight excluding hydrogens is 237 g/mol. The van der Waals surface area contributed by atoms with E-state index in [1.54, 1.807) is 4.52 Å². The van der Waals surface area contributed by atoms with Gasteiger partial charge >= 0.3 is 0 Å². The second kappa shape index (κ2) is 6.55. The highest BCUT2D eigenvalue weighted by Crippen LogP contribution is 2.01. The third kappa shape index (κ3) is 3.30. The Kier molecular flexibility index (Phi) is 6.15. The van der Waals surface area contributed by atoms with Gasteiger partial charge in [-0.15, -0.1) is 24.8 Å². The van der Waals surface area contributed by atoms with E-state index in [1.807, 2.05) is 12.4 Å². The molecule has 2 aromatic rings. The zero-order valence-electron chi connectivity index (χ0n) is 8.04. The fourth-order valence-electron chi connectivity index (χ4n) is 1.19. The molecule has 2 heterocycles. The Morgan fingerprint density at radius 3 is 2.80 bits per heavy atom. The minimum absolute atomic E-state index is 0. The maximum Gasteiger partial charge on any atom is 0.252 e. The van der Waals surface area contributed by atoms with Gasteiger partial charge in [0.2, 0.25) is 0 Å². The predicted octanol–water partition coefficient (Wildman–Crippen LogP) is 0.859. The fraction of sp³-hybridized carbons (Fsp3) is 0.375. The minimum Gasteiger partial charge on any atom is -0.330 e. The Hall–Kier alpha value is -0.910. The number of nitrogens with two attached hydrogens (primary N) is 1. The number of hydrogen-bond acceptors (Lipinski definition) is 4. The van der Waals surface area contributed by atoms with Crippen molar-refractivity contribution in [2.75, 3.05) is 6.54 Å². The van der Waals surface area contributed by atoms with Crippen LogP contribution in [0.4, 0.5) is 0 Å². The summed E-state index contributed by atoms with van der Waals surface area (Å²) in [5, 5.41) is 4.00. The van der Waals surface area contributed by atoms with E-state index in [0.29, 0.717) is 12.3 Å². The monoisotopic (exact) mass is 249 g/mol. The van der Waals surface area contributed by atoms with Gasteiger partial charge in [-0.2, -0.15) is 10.1 Å². The Bertz CT molecular complexity index is 403. The molecule has 0 bridgehead atoms. The molecule has 0 saturated heterocycles. The molecule has 5 nitrogen and oxygen atoms in total. The summed E-state index contributed by atoms with van der Waals surface area (Å²) in [4.78, 5) is 8.10. The summed E-state index contributed by atoms with van der Waals surface area (Å²) in [5.41, 5.74) is 6.56. The van der Waals surface area contributed by atoms with Crippen LogP contribution in [0.2, 0.25) is 0 Å². The molecule has 2 aromatic heterocycles. The average molecular weight is 250 g/mol. The summed E-state index contributed by atoms with van der Waals surface area (Å²) in [5.74, 6) is 0.636. The van der Waals surface area contributed by atoms with E-state index in [0.717, 1.165) is 18.4 Å². The number of hydrogen-bond donors (Lipinski definition) is 1. The van der Waals surface area contributed by atoms with Gasteiger partial charge in [0.05, 0.1) is 0 Å². The topological polar surface area (TPSA) is 69.1 Å². The van der Waals surface area contributed by atoms with Crippen LogP contribution in [-0.4, -0.2) is 26.1 Å². The Morgan fingerprint density at radius 2 is 2.07 bits per heavy atom. The van der Waals surface area contributed by atoms with Gasteiger partial charge in [-0.1, -0.05) is 0 Å². The molecule has 0 aliphatic heterocycles. The maximum atomic E-state index is 5.41. The Balaban J connectivity index is 0.000000980. The SMILES string of the molecule is Cl.Cl.NCCCc1cnc2ncnn2c1. The highest BCUT2D eigenvalue weighted by molar-refractivity contribution is 5.85. The lowest BCUT2D eigenvalue weighted by Gasteiger charge is -1.98. The summed E-state index contributed by atoms with van der Waals surface area (Å²) in [6, 6.07) is 0. The first kappa shape index (κ1) is 14.1. The molecule has 0 unspecified atom stereocenters. The number of halogens is 2. The quantitative estimate of drug-likeness (QED) is 0.877. The largest absolute Gasteiger partial charge is 0.330 e. The maximum absolute atomic E-state index is 5.41. The minimum atomic E-state index is 0. The first-order valence-electron chi connectivity index (χ1n) is 4.24. The molecule has 7 heteroatoms. The second-order valence-corrected chi connectivity index (χ2v) is 2.86. The van der Waals surface area contributed by atoms with E-state index < -0.39 is 0 Å². The summed E-state index contributed by atoms with van der Waals surface area (Å²) in [6.45, 7) is 0.704. The normalized spacial score (nSPS) is 9.40. The van der Waals surface area contributed by atoms with Crippen LogP contribution in [0.25, 0.3) is 5.78 Å². The fourth-order valence-corrected chi connectivity index (χ4v) is 1.19. The number of nitrogens with zero attached hydrogens (tertiary/aromatic N) is 4. The first-order valence-corrected chi connectivity index (χ1v) is 4.24. The van der Waals surface area contributed by atoms with Crippen molar-refractivity contribution in [3.63, 3.8) is 0 Å². The molecule has 2 rings (SSSR count). The number of aryl methyl sites for hydroxylation is 1. The van der Waals surface area contributed by atoms with E-state index >= 15 is 0 Å². The van der Waals surface area contributed by atoms with Crippen molar-refractivity contribution in [3.8, 4) is 0 Å². The van der Waals surface area contributed by atoms with Crippen LogP contribution >= 0.6 is 24.8 Å². The standard InChI is InChI=1S/C8H11N5.2ClH/c9-3-1-2-7-4-10-8-11-6-12-13(8)5-7;;/h4-6H,1-3,9H2;2*1H. The van der Waals surface area contributed by atoms with E-state index in [2.05, 4.69) is 15.1 Å². The van der Waals surface area contributed by atoms with Crippen molar-refractivity contribution in [3.05, 3.63) is 24.3 Å². The molecule has 0 atom stereocenters. The van der Waals surface area contributed by atoms with Gasteiger partial charge < -0.3 is 5.73 Å². The first-order chi connectivity index (χ1) is 6.40. The smallest absolute Gasteiger partial charge is 0.252 e. The lowest BCUT2D eigenvalue weighted by Crippen LogP contribution is -2.02. The highest BCUT2D eigenvalue weighted by Gasteiger charge is 1.97. The Labute approximate surface area is 99.9 Å². The van der Waals surface area contributed by atoms with Gasteiger partial charge in [0.25, 0.3) is 5.78 Å². The van der Waals surface area contributed by atoms with E-state index in [-0.39, 0.29) is 24.8 Å². The molecular formula is C8H13Cl2N5. The number of fused-ring (bicyclic) bond motifs is 1. The molecule has 0 fully saturated rings.